The van der Waals surface area contributed by atoms with Gasteiger partial charge in [-0.25, -0.2) is 4.98 Å². The smallest absolute Gasteiger partial charge is 0.109 e. The van der Waals surface area contributed by atoms with Crippen molar-refractivity contribution < 1.29 is 5.11 Å². The molecule has 17 heavy (non-hydrogen) atoms. The van der Waals surface area contributed by atoms with Crippen molar-refractivity contribution in [1.29, 1.82) is 0 Å². The Balaban J connectivity index is 1.71. The molecule has 2 atom stereocenters. The van der Waals surface area contributed by atoms with Gasteiger partial charge in [0, 0.05) is 36.5 Å². The van der Waals surface area contributed by atoms with Gasteiger partial charge in [0.1, 0.15) is 5.82 Å². The number of aromatic nitrogens is 2. The molecular formula is C13H20N2OS. The van der Waals surface area contributed by atoms with Crippen LogP contribution in [0.2, 0.25) is 0 Å². The zero-order chi connectivity index (χ0) is 11.7. The fourth-order valence-electron chi connectivity index (χ4n) is 2.85. The minimum Gasteiger partial charge on any atom is -0.393 e. The first kappa shape index (κ1) is 11.6. The van der Waals surface area contributed by atoms with Crippen LogP contribution < -0.4 is 0 Å². The van der Waals surface area contributed by atoms with Crippen LogP contribution in [-0.4, -0.2) is 31.8 Å². The second-order valence-electron chi connectivity index (χ2n) is 5.16. The van der Waals surface area contributed by atoms with E-state index in [2.05, 4.69) is 21.3 Å². The van der Waals surface area contributed by atoms with Crippen LogP contribution >= 0.6 is 11.8 Å². The molecule has 1 aromatic heterocycles. The van der Waals surface area contributed by atoms with Crippen LogP contribution in [0.4, 0.5) is 0 Å². The average Bonchev–Trinajstić information content (AvgIpc) is 2.73. The van der Waals surface area contributed by atoms with Crippen LogP contribution in [-0.2, 0) is 19.4 Å². The molecule has 1 saturated heterocycles. The Morgan fingerprint density at radius 3 is 3.18 bits per heavy atom. The summed E-state index contributed by atoms with van der Waals surface area (Å²) in [6.07, 6.45) is 8.69. The van der Waals surface area contributed by atoms with Crippen LogP contribution in [0.25, 0.3) is 0 Å². The SMILES string of the molecule is OC1CCn2c(cnc2CC2CCCCS2)C1. The van der Waals surface area contributed by atoms with Gasteiger partial charge in [-0.05, 0) is 25.0 Å². The van der Waals surface area contributed by atoms with E-state index in [1.165, 1.54) is 36.5 Å². The van der Waals surface area contributed by atoms with Crippen molar-refractivity contribution in [1.82, 2.24) is 9.55 Å². The lowest BCUT2D eigenvalue weighted by Gasteiger charge is -2.24. The van der Waals surface area contributed by atoms with Crippen LogP contribution in [0.15, 0.2) is 6.20 Å². The molecule has 4 heteroatoms. The highest BCUT2D eigenvalue weighted by Gasteiger charge is 2.22. The highest BCUT2D eigenvalue weighted by Crippen LogP contribution is 2.28. The molecule has 2 aliphatic rings. The van der Waals surface area contributed by atoms with Crippen LogP contribution in [0.3, 0.4) is 0 Å². The quantitative estimate of drug-likeness (QED) is 0.875. The Kier molecular flexibility index (Phi) is 3.43. The molecule has 3 nitrogen and oxygen atoms in total. The van der Waals surface area contributed by atoms with Gasteiger partial charge < -0.3 is 9.67 Å². The number of aliphatic hydroxyl groups excluding tert-OH is 1. The van der Waals surface area contributed by atoms with Gasteiger partial charge in [0.2, 0.25) is 0 Å². The van der Waals surface area contributed by atoms with Crippen molar-refractivity contribution >= 4 is 11.8 Å². The number of fused-ring (bicyclic) bond motifs is 1. The summed E-state index contributed by atoms with van der Waals surface area (Å²) >= 11 is 2.11. The molecule has 0 aliphatic carbocycles. The van der Waals surface area contributed by atoms with Crippen LogP contribution in [0.5, 0.6) is 0 Å². The predicted molar refractivity (Wildman–Crippen MR) is 70.4 cm³/mol. The number of thioether (sulfide) groups is 1. The molecule has 1 N–H and O–H groups in total. The molecule has 3 heterocycles. The standard InChI is InChI=1S/C13H20N2OS/c16-11-4-5-15-10(7-11)9-14-13(15)8-12-3-1-2-6-17-12/h9,11-12,16H,1-8H2. The van der Waals surface area contributed by atoms with E-state index in [-0.39, 0.29) is 6.10 Å². The van der Waals surface area contributed by atoms with Gasteiger partial charge >= 0.3 is 0 Å². The molecular weight excluding hydrogens is 232 g/mol. The summed E-state index contributed by atoms with van der Waals surface area (Å²) in [6.45, 7) is 0.948. The Bertz CT molecular complexity index is 385. The van der Waals surface area contributed by atoms with Gasteiger partial charge in [0.15, 0.2) is 0 Å². The molecule has 0 amide bonds. The third-order valence-corrected chi connectivity index (χ3v) is 5.23. The summed E-state index contributed by atoms with van der Waals surface area (Å²) in [6, 6.07) is 0. The van der Waals surface area contributed by atoms with Crippen molar-refractivity contribution in [3.05, 3.63) is 17.7 Å². The van der Waals surface area contributed by atoms with E-state index in [4.69, 9.17) is 0 Å². The first-order chi connectivity index (χ1) is 8.33. The highest BCUT2D eigenvalue weighted by molar-refractivity contribution is 7.99. The molecule has 0 radical (unpaired) electrons. The molecule has 3 rings (SSSR count). The molecule has 1 aromatic rings. The van der Waals surface area contributed by atoms with E-state index < -0.39 is 0 Å². The molecule has 0 bridgehead atoms. The van der Waals surface area contributed by atoms with E-state index in [1.54, 1.807) is 0 Å². The lowest BCUT2D eigenvalue weighted by molar-refractivity contribution is 0.143. The Morgan fingerprint density at radius 1 is 1.41 bits per heavy atom. The third kappa shape index (κ3) is 2.52. The maximum Gasteiger partial charge on any atom is 0.109 e. The topological polar surface area (TPSA) is 38.0 Å². The van der Waals surface area contributed by atoms with Crippen molar-refractivity contribution in [3.8, 4) is 0 Å². The minimum absolute atomic E-state index is 0.156. The summed E-state index contributed by atoms with van der Waals surface area (Å²) < 4.78 is 2.34. The van der Waals surface area contributed by atoms with Gasteiger partial charge in [-0.3, -0.25) is 0 Å². The van der Waals surface area contributed by atoms with Gasteiger partial charge in [-0.15, -0.1) is 0 Å². The number of rotatable bonds is 2. The van der Waals surface area contributed by atoms with E-state index in [9.17, 15) is 5.11 Å². The number of imidazole rings is 1. The fourth-order valence-corrected chi connectivity index (χ4v) is 4.15. The maximum absolute atomic E-state index is 9.64. The lowest BCUT2D eigenvalue weighted by Crippen LogP contribution is -2.25. The Labute approximate surface area is 107 Å². The molecule has 0 aromatic carbocycles. The van der Waals surface area contributed by atoms with Gasteiger partial charge in [0.25, 0.3) is 0 Å². The molecule has 0 spiro atoms. The van der Waals surface area contributed by atoms with Gasteiger partial charge in [0.05, 0.1) is 6.10 Å². The van der Waals surface area contributed by atoms with E-state index in [1.807, 2.05) is 6.20 Å². The molecule has 2 aliphatic heterocycles. The molecule has 2 unspecified atom stereocenters. The van der Waals surface area contributed by atoms with Crippen molar-refractivity contribution in [3.63, 3.8) is 0 Å². The van der Waals surface area contributed by atoms with E-state index in [0.717, 1.165) is 31.1 Å². The summed E-state index contributed by atoms with van der Waals surface area (Å²) in [5.41, 5.74) is 1.22. The molecule has 0 saturated carbocycles. The zero-order valence-electron chi connectivity index (χ0n) is 10.1. The largest absolute Gasteiger partial charge is 0.393 e. The molecule has 1 fully saturated rings. The Hall–Kier alpha value is -0.480. The third-order valence-electron chi connectivity index (χ3n) is 3.84. The normalized spacial score (nSPS) is 29.0. The zero-order valence-corrected chi connectivity index (χ0v) is 11.0. The summed E-state index contributed by atoms with van der Waals surface area (Å²) in [7, 11) is 0. The fraction of sp³-hybridized carbons (Fsp3) is 0.769. The van der Waals surface area contributed by atoms with Crippen LogP contribution in [0, 0.1) is 0 Å². The summed E-state index contributed by atoms with van der Waals surface area (Å²) in [5, 5.41) is 10.4. The Morgan fingerprint density at radius 2 is 2.35 bits per heavy atom. The summed E-state index contributed by atoms with van der Waals surface area (Å²) in [5.74, 6) is 2.56. The number of nitrogens with zero attached hydrogens (tertiary/aromatic N) is 2. The first-order valence-electron chi connectivity index (χ1n) is 6.66. The average molecular weight is 252 g/mol. The number of hydrogen-bond donors (Lipinski definition) is 1. The lowest BCUT2D eigenvalue weighted by atomic mass is 10.1. The van der Waals surface area contributed by atoms with Crippen molar-refractivity contribution in [2.45, 2.75) is 56.4 Å². The highest BCUT2D eigenvalue weighted by atomic mass is 32.2. The van der Waals surface area contributed by atoms with Crippen molar-refractivity contribution in [2.24, 2.45) is 0 Å². The number of aliphatic hydroxyl groups is 1. The predicted octanol–water partition coefficient (Wildman–Crippen LogP) is 2.02. The molecule has 94 valence electrons. The second-order valence-corrected chi connectivity index (χ2v) is 6.56. The van der Waals surface area contributed by atoms with E-state index >= 15 is 0 Å². The van der Waals surface area contributed by atoms with E-state index in [0.29, 0.717) is 0 Å². The summed E-state index contributed by atoms with van der Waals surface area (Å²) in [4.78, 5) is 4.56. The minimum atomic E-state index is -0.156. The van der Waals surface area contributed by atoms with Crippen LogP contribution in [0.1, 0.15) is 37.2 Å². The van der Waals surface area contributed by atoms with Gasteiger partial charge in [-0.1, -0.05) is 6.42 Å². The van der Waals surface area contributed by atoms with Crippen molar-refractivity contribution in [2.75, 3.05) is 5.75 Å². The second kappa shape index (κ2) is 5.02. The maximum atomic E-state index is 9.64. The van der Waals surface area contributed by atoms with Gasteiger partial charge in [-0.2, -0.15) is 11.8 Å². The first-order valence-corrected chi connectivity index (χ1v) is 7.71. The number of hydrogen-bond acceptors (Lipinski definition) is 3. The monoisotopic (exact) mass is 252 g/mol.